The summed E-state index contributed by atoms with van der Waals surface area (Å²) in [5.41, 5.74) is 0.705. The summed E-state index contributed by atoms with van der Waals surface area (Å²) in [7, 11) is 3.29. The van der Waals surface area contributed by atoms with Crippen molar-refractivity contribution in [3.05, 3.63) is 11.8 Å². The number of hydrogen-bond donors (Lipinski definition) is 1. The predicted molar refractivity (Wildman–Crippen MR) is 45.7 cm³/mol. The Balaban J connectivity index is 3.98. The zero-order chi connectivity index (χ0) is 9.40. The SMILES string of the molecule is CCOC(=O)/C=C(/COC)NC. The molecule has 12 heavy (non-hydrogen) atoms. The third-order valence-electron chi connectivity index (χ3n) is 1.20. The van der Waals surface area contributed by atoms with Crippen molar-refractivity contribution in [2.45, 2.75) is 6.92 Å². The summed E-state index contributed by atoms with van der Waals surface area (Å²) in [4.78, 5) is 10.9. The maximum absolute atomic E-state index is 10.9. The summed E-state index contributed by atoms with van der Waals surface area (Å²) in [6.07, 6.45) is 1.38. The highest BCUT2D eigenvalue weighted by molar-refractivity contribution is 5.82. The van der Waals surface area contributed by atoms with Crippen molar-refractivity contribution in [2.24, 2.45) is 0 Å². The van der Waals surface area contributed by atoms with Gasteiger partial charge in [-0.3, -0.25) is 0 Å². The number of nitrogens with one attached hydrogen (secondary N) is 1. The Labute approximate surface area is 72.5 Å². The van der Waals surface area contributed by atoms with E-state index in [0.29, 0.717) is 18.9 Å². The van der Waals surface area contributed by atoms with Gasteiger partial charge in [-0.2, -0.15) is 0 Å². The lowest BCUT2D eigenvalue weighted by molar-refractivity contribution is -0.137. The van der Waals surface area contributed by atoms with Crippen molar-refractivity contribution in [2.75, 3.05) is 27.4 Å². The zero-order valence-electron chi connectivity index (χ0n) is 7.72. The molecule has 0 saturated carbocycles. The van der Waals surface area contributed by atoms with E-state index in [9.17, 15) is 4.79 Å². The van der Waals surface area contributed by atoms with Gasteiger partial charge in [-0.25, -0.2) is 4.79 Å². The van der Waals surface area contributed by atoms with Crippen molar-refractivity contribution in [1.82, 2.24) is 5.32 Å². The fourth-order valence-electron chi connectivity index (χ4n) is 0.668. The Morgan fingerprint density at radius 2 is 2.25 bits per heavy atom. The van der Waals surface area contributed by atoms with Crippen LogP contribution >= 0.6 is 0 Å². The lowest BCUT2D eigenvalue weighted by atomic mass is 10.4. The molecule has 0 spiro atoms. The van der Waals surface area contributed by atoms with Crippen molar-refractivity contribution in [1.29, 1.82) is 0 Å². The highest BCUT2D eigenvalue weighted by atomic mass is 16.5. The molecule has 0 bridgehead atoms. The summed E-state index contributed by atoms with van der Waals surface area (Å²) in [6, 6.07) is 0. The van der Waals surface area contributed by atoms with Crippen LogP contribution in [0.2, 0.25) is 0 Å². The van der Waals surface area contributed by atoms with E-state index in [1.807, 2.05) is 0 Å². The standard InChI is InChI=1S/C8H15NO3/c1-4-12-8(10)5-7(9-2)6-11-3/h5,9H,4,6H2,1-3H3/b7-5-. The number of hydrogen-bond acceptors (Lipinski definition) is 4. The van der Waals surface area contributed by atoms with Crippen LogP contribution in [0.3, 0.4) is 0 Å². The lowest BCUT2D eigenvalue weighted by Gasteiger charge is -2.04. The molecule has 0 aliphatic heterocycles. The van der Waals surface area contributed by atoms with Gasteiger partial charge in [-0.15, -0.1) is 0 Å². The van der Waals surface area contributed by atoms with E-state index >= 15 is 0 Å². The van der Waals surface area contributed by atoms with Gasteiger partial charge in [-0.05, 0) is 6.92 Å². The molecule has 4 nitrogen and oxygen atoms in total. The smallest absolute Gasteiger partial charge is 0.332 e. The first kappa shape index (κ1) is 11.0. The average Bonchev–Trinajstić information content (AvgIpc) is 2.04. The molecule has 0 fully saturated rings. The summed E-state index contributed by atoms with van der Waals surface area (Å²) in [5.74, 6) is -0.348. The third kappa shape index (κ3) is 4.73. The largest absolute Gasteiger partial charge is 0.463 e. The van der Waals surface area contributed by atoms with Crippen molar-refractivity contribution in [3.8, 4) is 0 Å². The van der Waals surface area contributed by atoms with E-state index in [2.05, 4.69) is 5.32 Å². The second kappa shape index (κ2) is 6.67. The van der Waals surface area contributed by atoms with Gasteiger partial charge in [0, 0.05) is 25.9 Å². The highest BCUT2D eigenvalue weighted by Crippen LogP contribution is 1.90. The third-order valence-corrected chi connectivity index (χ3v) is 1.20. The number of methoxy groups -OCH3 is 1. The molecular weight excluding hydrogens is 158 g/mol. The first-order chi connectivity index (χ1) is 5.74. The number of carbonyl (C=O) groups is 1. The first-order valence-electron chi connectivity index (χ1n) is 3.78. The number of likely N-dealkylation sites (N-methyl/N-ethyl adjacent to an activating group) is 1. The molecule has 0 amide bonds. The van der Waals surface area contributed by atoms with E-state index in [0.717, 1.165) is 0 Å². The minimum atomic E-state index is -0.348. The van der Waals surface area contributed by atoms with E-state index in [-0.39, 0.29) is 5.97 Å². The molecule has 0 aliphatic carbocycles. The second-order valence-corrected chi connectivity index (χ2v) is 2.10. The molecule has 0 radical (unpaired) electrons. The molecule has 0 aliphatic rings. The van der Waals surface area contributed by atoms with Crippen LogP contribution in [-0.4, -0.2) is 33.3 Å². The van der Waals surface area contributed by atoms with Gasteiger partial charge in [0.15, 0.2) is 0 Å². The maximum Gasteiger partial charge on any atom is 0.332 e. The Kier molecular flexibility index (Phi) is 6.09. The minimum Gasteiger partial charge on any atom is -0.463 e. The minimum absolute atomic E-state index is 0.348. The fraction of sp³-hybridized carbons (Fsp3) is 0.625. The van der Waals surface area contributed by atoms with Crippen LogP contribution < -0.4 is 5.32 Å². The van der Waals surface area contributed by atoms with Crippen LogP contribution in [0.4, 0.5) is 0 Å². The molecule has 1 N–H and O–H groups in total. The molecule has 0 saturated heterocycles. The molecule has 0 atom stereocenters. The molecule has 0 aromatic rings. The number of carbonyl (C=O) groups excluding carboxylic acids is 1. The normalized spacial score (nSPS) is 11.1. The van der Waals surface area contributed by atoms with E-state index < -0.39 is 0 Å². The van der Waals surface area contributed by atoms with Crippen LogP contribution in [-0.2, 0) is 14.3 Å². The fourth-order valence-corrected chi connectivity index (χ4v) is 0.668. The van der Waals surface area contributed by atoms with Gasteiger partial charge in [0.2, 0.25) is 0 Å². The number of esters is 1. The van der Waals surface area contributed by atoms with Crippen LogP contribution in [0, 0.1) is 0 Å². The van der Waals surface area contributed by atoms with Crippen LogP contribution in [0.5, 0.6) is 0 Å². The molecule has 0 heterocycles. The summed E-state index contributed by atoms with van der Waals surface area (Å²) in [5, 5.41) is 2.83. The molecular formula is C8H15NO3. The Hall–Kier alpha value is -1.03. The van der Waals surface area contributed by atoms with Crippen molar-refractivity contribution >= 4 is 5.97 Å². The van der Waals surface area contributed by atoms with Crippen molar-refractivity contribution in [3.63, 3.8) is 0 Å². The second-order valence-electron chi connectivity index (χ2n) is 2.10. The van der Waals surface area contributed by atoms with Gasteiger partial charge in [0.05, 0.1) is 13.2 Å². The maximum atomic E-state index is 10.9. The summed E-state index contributed by atoms with van der Waals surface area (Å²) >= 11 is 0. The van der Waals surface area contributed by atoms with E-state index in [1.165, 1.54) is 6.08 Å². The Morgan fingerprint density at radius 3 is 2.67 bits per heavy atom. The highest BCUT2D eigenvalue weighted by Gasteiger charge is 1.99. The van der Waals surface area contributed by atoms with Gasteiger partial charge in [0.25, 0.3) is 0 Å². The quantitative estimate of drug-likeness (QED) is 0.480. The van der Waals surface area contributed by atoms with Crippen LogP contribution in [0.15, 0.2) is 11.8 Å². The number of rotatable bonds is 5. The molecule has 70 valence electrons. The van der Waals surface area contributed by atoms with Gasteiger partial charge >= 0.3 is 5.97 Å². The van der Waals surface area contributed by atoms with Gasteiger partial charge in [0.1, 0.15) is 0 Å². The summed E-state index contributed by atoms with van der Waals surface area (Å²) in [6.45, 7) is 2.54. The molecule has 0 rings (SSSR count). The molecule has 0 unspecified atom stereocenters. The van der Waals surface area contributed by atoms with Crippen LogP contribution in [0.1, 0.15) is 6.92 Å². The Morgan fingerprint density at radius 1 is 1.58 bits per heavy atom. The lowest BCUT2D eigenvalue weighted by Crippen LogP contribution is -2.14. The summed E-state index contributed by atoms with van der Waals surface area (Å²) < 4.78 is 9.54. The molecule has 4 heteroatoms. The Bertz CT molecular complexity index is 166. The van der Waals surface area contributed by atoms with Crippen LogP contribution in [0.25, 0.3) is 0 Å². The predicted octanol–water partition coefficient (Wildman–Crippen LogP) is 0.299. The molecule has 0 aromatic carbocycles. The van der Waals surface area contributed by atoms with Gasteiger partial charge < -0.3 is 14.8 Å². The number of ether oxygens (including phenoxy) is 2. The first-order valence-corrected chi connectivity index (χ1v) is 3.78. The zero-order valence-corrected chi connectivity index (χ0v) is 7.72. The van der Waals surface area contributed by atoms with Crippen molar-refractivity contribution < 1.29 is 14.3 Å². The van der Waals surface area contributed by atoms with E-state index in [4.69, 9.17) is 9.47 Å². The molecule has 0 aromatic heterocycles. The monoisotopic (exact) mass is 173 g/mol. The van der Waals surface area contributed by atoms with Gasteiger partial charge in [-0.1, -0.05) is 0 Å². The topological polar surface area (TPSA) is 47.6 Å². The average molecular weight is 173 g/mol. The van der Waals surface area contributed by atoms with E-state index in [1.54, 1.807) is 21.1 Å².